The molecule has 0 saturated carbocycles. The van der Waals surface area contributed by atoms with E-state index in [4.69, 9.17) is 9.84 Å². The fraction of sp³-hybridized carbons (Fsp3) is 0.667. The largest absolute Gasteiger partial charge is 0.394 e. The van der Waals surface area contributed by atoms with Gasteiger partial charge in [-0.25, -0.2) is 9.97 Å². The summed E-state index contributed by atoms with van der Waals surface area (Å²) in [6.07, 6.45) is 2.78. The maximum absolute atomic E-state index is 11.2. The van der Waals surface area contributed by atoms with Gasteiger partial charge in [0.05, 0.1) is 18.1 Å². The number of nitrogens with zero attached hydrogens (tertiary/aromatic N) is 3. The number of nitrogens with one attached hydrogen (secondary N) is 2. The Morgan fingerprint density at radius 3 is 2.52 bits per heavy atom. The molecule has 0 aliphatic heterocycles. The van der Waals surface area contributed by atoms with Gasteiger partial charge in [-0.3, -0.25) is 10.1 Å². The Bertz CT molecular complexity index is 444. The minimum absolute atomic E-state index is 0.0166. The molecular formula is C12H21N5O4. The normalized spacial score (nSPS) is 10.4. The summed E-state index contributed by atoms with van der Waals surface area (Å²) < 4.78 is 5.11. The van der Waals surface area contributed by atoms with E-state index >= 15 is 0 Å². The molecule has 9 nitrogen and oxygen atoms in total. The maximum Gasteiger partial charge on any atom is 0.353 e. The standard InChI is InChI=1S/C12H21N5O4/c1-2-4-13-11-10(17(19)20)12(16-9-15-11)14-5-3-7-21-8-6-18/h9,18H,2-8H2,1H3,(H2,13,14,15,16). The van der Waals surface area contributed by atoms with E-state index in [-0.39, 0.29) is 23.9 Å². The number of aliphatic hydroxyl groups is 1. The zero-order valence-electron chi connectivity index (χ0n) is 12.0. The third-order valence-corrected chi connectivity index (χ3v) is 2.54. The molecule has 0 aliphatic rings. The molecule has 0 saturated heterocycles. The van der Waals surface area contributed by atoms with E-state index in [0.29, 0.717) is 32.7 Å². The van der Waals surface area contributed by atoms with Crippen molar-refractivity contribution in [3.63, 3.8) is 0 Å². The monoisotopic (exact) mass is 299 g/mol. The van der Waals surface area contributed by atoms with Crippen LogP contribution in [0.4, 0.5) is 17.3 Å². The lowest BCUT2D eigenvalue weighted by molar-refractivity contribution is -0.383. The summed E-state index contributed by atoms with van der Waals surface area (Å²) >= 11 is 0. The van der Waals surface area contributed by atoms with E-state index in [2.05, 4.69) is 20.6 Å². The Labute approximate surface area is 122 Å². The zero-order chi connectivity index (χ0) is 15.5. The van der Waals surface area contributed by atoms with Crippen molar-refractivity contribution >= 4 is 17.3 Å². The minimum atomic E-state index is -0.497. The molecule has 0 spiro atoms. The molecule has 1 aromatic rings. The van der Waals surface area contributed by atoms with Crippen LogP contribution in [0.25, 0.3) is 0 Å². The summed E-state index contributed by atoms with van der Waals surface area (Å²) in [5, 5.41) is 25.6. The molecular weight excluding hydrogens is 278 g/mol. The number of rotatable bonds is 11. The highest BCUT2D eigenvalue weighted by Gasteiger charge is 2.22. The molecule has 1 rings (SSSR count). The third-order valence-electron chi connectivity index (χ3n) is 2.54. The predicted molar refractivity (Wildman–Crippen MR) is 78.5 cm³/mol. The molecule has 0 amide bonds. The molecule has 118 valence electrons. The lowest BCUT2D eigenvalue weighted by Crippen LogP contribution is -2.12. The van der Waals surface area contributed by atoms with Crippen LogP contribution >= 0.6 is 0 Å². The van der Waals surface area contributed by atoms with Crippen molar-refractivity contribution in [2.75, 3.05) is 43.5 Å². The lowest BCUT2D eigenvalue weighted by atomic mass is 10.3. The number of hydrogen-bond donors (Lipinski definition) is 3. The topological polar surface area (TPSA) is 122 Å². The molecule has 0 aliphatic carbocycles. The van der Waals surface area contributed by atoms with E-state index in [0.717, 1.165) is 6.42 Å². The van der Waals surface area contributed by atoms with Gasteiger partial charge in [0.15, 0.2) is 0 Å². The van der Waals surface area contributed by atoms with Crippen LogP contribution < -0.4 is 10.6 Å². The molecule has 1 aromatic heterocycles. The van der Waals surface area contributed by atoms with Crippen LogP contribution in [0.3, 0.4) is 0 Å². The van der Waals surface area contributed by atoms with Gasteiger partial charge in [0.2, 0.25) is 11.6 Å². The SMILES string of the molecule is CCCNc1ncnc(NCCCOCCO)c1[N+](=O)[O-]. The van der Waals surface area contributed by atoms with Gasteiger partial charge < -0.3 is 20.5 Å². The Kier molecular flexibility index (Phi) is 7.99. The Hall–Kier alpha value is -2.00. The molecule has 9 heteroatoms. The first-order chi connectivity index (χ1) is 10.2. The molecule has 0 bridgehead atoms. The molecule has 0 unspecified atom stereocenters. The number of anilines is 2. The summed E-state index contributed by atoms with van der Waals surface area (Å²) in [6, 6.07) is 0. The summed E-state index contributed by atoms with van der Waals surface area (Å²) in [4.78, 5) is 18.5. The van der Waals surface area contributed by atoms with Gasteiger partial charge in [0, 0.05) is 19.7 Å². The smallest absolute Gasteiger partial charge is 0.353 e. The van der Waals surface area contributed by atoms with Gasteiger partial charge in [-0.15, -0.1) is 0 Å². The van der Waals surface area contributed by atoms with Gasteiger partial charge in [0.1, 0.15) is 6.33 Å². The van der Waals surface area contributed by atoms with Crippen LogP contribution in [0.1, 0.15) is 19.8 Å². The van der Waals surface area contributed by atoms with Crippen molar-refractivity contribution in [2.24, 2.45) is 0 Å². The first kappa shape index (κ1) is 17.1. The van der Waals surface area contributed by atoms with Crippen molar-refractivity contribution in [2.45, 2.75) is 19.8 Å². The zero-order valence-corrected chi connectivity index (χ0v) is 12.0. The van der Waals surface area contributed by atoms with Gasteiger partial charge in [-0.1, -0.05) is 6.92 Å². The quantitative estimate of drug-likeness (QED) is 0.314. The second-order valence-corrected chi connectivity index (χ2v) is 4.22. The first-order valence-corrected chi connectivity index (χ1v) is 6.86. The second-order valence-electron chi connectivity index (χ2n) is 4.22. The van der Waals surface area contributed by atoms with Crippen molar-refractivity contribution < 1.29 is 14.8 Å². The fourth-order valence-corrected chi connectivity index (χ4v) is 1.60. The van der Waals surface area contributed by atoms with Crippen LogP contribution in [0.15, 0.2) is 6.33 Å². The molecule has 0 fully saturated rings. The highest BCUT2D eigenvalue weighted by molar-refractivity contribution is 5.69. The molecule has 3 N–H and O–H groups in total. The summed E-state index contributed by atoms with van der Waals surface area (Å²) in [5.41, 5.74) is -0.151. The van der Waals surface area contributed by atoms with E-state index in [1.165, 1.54) is 6.33 Å². The summed E-state index contributed by atoms with van der Waals surface area (Å²) in [5.74, 6) is 0.409. The predicted octanol–water partition coefficient (Wildman–Crippen LogP) is 1.02. The molecule has 1 heterocycles. The van der Waals surface area contributed by atoms with Crippen LogP contribution in [-0.4, -0.2) is 52.9 Å². The molecule has 0 aromatic carbocycles. The average Bonchev–Trinajstić information content (AvgIpc) is 2.48. The van der Waals surface area contributed by atoms with Gasteiger partial charge in [-0.05, 0) is 12.8 Å². The molecule has 0 radical (unpaired) electrons. The Morgan fingerprint density at radius 2 is 1.95 bits per heavy atom. The summed E-state index contributed by atoms with van der Waals surface area (Å²) in [7, 11) is 0. The Morgan fingerprint density at radius 1 is 1.29 bits per heavy atom. The van der Waals surface area contributed by atoms with E-state index in [1.807, 2.05) is 6.92 Å². The van der Waals surface area contributed by atoms with E-state index in [1.54, 1.807) is 0 Å². The highest BCUT2D eigenvalue weighted by Crippen LogP contribution is 2.28. The highest BCUT2D eigenvalue weighted by atomic mass is 16.6. The number of aromatic nitrogens is 2. The second kappa shape index (κ2) is 9.83. The van der Waals surface area contributed by atoms with Crippen LogP contribution in [0, 0.1) is 10.1 Å². The van der Waals surface area contributed by atoms with Crippen LogP contribution in [0.5, 0.6) is 0 Å². The first-order valence-electron chi connectivity index (χ1n) is 6.86. The van der Waals surface area contributed by atoms with Crippen LogP contribution in [-0.2, 0) is 4.74 Å². The van der Waals surface area contributed by atoms with Crippen molar-refractivity contribution in [3.05, 3.63) is 16.4 Å². The van der Waals surface area contributed by atoms with Crippen molar-refractivity contribution in [1.29, 1.82) is 0 Å². The molecule has 0 atom stereocenters. The van der Waals surface area contributed by atoms with Crippen molar-refractivity contribution in [3.8, 4) is 0 Å². The number of aliphatic hydroxyl groups excluding tert-OH is 1. The summed E-state index contributed by atoms with van der Waals surface area (Å²) in [6.45, 7) is 3.79. The number of nitro groups is 1. The average molecular weight is 299 g/mol. The van der Waals surface area contributed by atoms with E-state index < -0.39 is 4.92 Å². The van der Waals surface area contributed by atoms with E-state index in [9.17, 15) is 10.1 Å². The van der Waals surface area contributed by atoms with Gasteiger partial charge >= 0.3 is 5.69 Å². The van der Waals surface area contributed by atoms with Crippen molar-refractivity contribution in [1.82, 2.24) is 9.97 Å². The third kappa shape index (κ3) is 5.88. The van der Waals surface area contributed by atoms with Gasteiger partial charge in [-0.2, -0.15) is 0 Å². The lowest BCUT2D eigenvalue weighted by Gasteiger charge is -2.09. The fourth-order valence-electron chi connectivity index (χ4n) is 1.60. The van der Waals surface area contributed by atoms with Gasteiger partial charge in [0.25, 0.3) is 0 Å². The number of ether oxygens (including phenoxy) is 1. The maximum atomic E-state index is 11.2. The Balaban J connectivity index is 2.61. The number of hydrogen-bond acceptors (Lipinski definition) is 8. The van der Waals surface area contributed by atoms with Crippen LogP contribution in [0.2, 0.25) is 0 Å². The molecule has 21 heavy (non-hydrogen) atoms. The minimum Gasteiger partial charge on any atom is -0.394 e.